The molecule has 0 spiro atoms. The zero-order chi connectivity index (χ0) is 11.3. The molecule has 1 heterocycles. The van der Waals surface area contributed by atoms with Gasteiger partial charge in [0.25, 0.3) is 0 Å². The molecule has 0 saturated carbocycles. The first kappa shape index (κ1) is 12.2. The van der Waals surface area contributed by atoms with Crippen molar-refractivity contribution in [3.8, 4) is 0 Å². The van der Waals surface area contributed by atoms with Crippen LogP contribution in [0.5, 0.6) is 0 Å². The third-order valence-electron chi connectivity index (χ3n) is 1.95. The van der Waals surface area contributed by atoms with E-state index in [0.29, 0.717) is 13.2 Å². The molecule has 1 N–H and O–H groups in total. The molecule has 1 rings (SSSR count). The van der Waals surface area contributed by atoms with E-state index in [1.165, 1.54) is 0 Å². The number of halogens is 1. The van der Waals surface area contributed by atoms with Crippen LogP contribution < -0.4 is 5.32 Å². The van der Waals surface area contributed by atoms with E-state index in [2.05, 4.69) is 26.3 Å². The van der Waals surface area contributed by atoms with Crippen LogP contribution in [0.2, 0.25) is 0 Å². The monoisotopic (exact) mass is 275 g/mol. The van der Waals surface area contributed by atoms with E-state index in [1.807, 2.05) is 0 Å². The van der Waals surface area contributed by atoms with Crippen LogP contribution in [0.25, 0.3) is 0 Å². The third-order valence-corrected chi connectivity index (χ3v) is 2.36. The Balaban J connectivity index is 2.46. The average Bonchev–Trinajstić information content (AvgIpc) is 2.64. The lowest BCUT2D eigenvalue weighted by molar-refractivity contribution is -0.124. The highest BCUT2D eigenvalue weighted by Crippen LogP contribution is 2.11. The van der Waals surface area contributed by atoms with Crippen molar-refractivity contribution in [1.29, 1.82) is 0 Å². The highest BCUT2D eigenvalue weighted by atomic mass is 79.9. The molecule has 0 aromatic carbocycles. The van der Waals surface area contributed by atoms with Crippen molar-refractivity contribution in [2.45, 2.75) is 13.0 Å². The molecule has 6 heteroatoms. The number of methoxy groups -OCH3 is 1. The second-order valence-electron chi connectivity index (χ2n) is 3.10. The van der Waals surface area contributed by atoms with Crippen LogP contribution in [0, 0.1) is 0 Å². The van der Waals surface area contributed by atoms with E-state index in [-0.39, 0.29) is 11.9 Å². The molecular weight excluding hydrogens is 262 g/mol. The third kappa shape index (κ3) is 3.64. The SMILES string of the molecule is COCCNC(=O)[C@H](C)n1cc(Br)cn1. The average molecular weight is 276 g/mol. The number of aromatic nitrogens is 2. The first-order valence-corrected chi connectivity index (χ1v) is 5.40. The maximum atomic E-state index is 11.6. The van der Waals surface area contributed by atoms with E-state index in [9.17, 15) is 4.79 Å². The number of nitrogens with one attached hydrogen (secondary N) is 1. The van der Waals surface area contributed by atoms with Gasteiger partial charge in [-0.25, -0.2) is 0 Å². The normalized spacial score (nSPS) is 12.5. The second kappa shape index (κ2) is 5.87. The number of hydrogen-bond donors (Lipinski definition) is 1. The molecule has 0 bridgehead atoms. The quantitative estimate of drug-likeness (QED) is 0.815. The lowest BCUT2D eigenvalue weighted by atomic mass is 10.3. The fourth-order valence-corrected chi connectivity index (χ4v) is 1.37. The van der Waals surface area contributed by atoms with Crippen LogP contribution >= 0.6 is 15.9 Å². The Kier molecular flexibility index (Phi) is 4.77. The van der Waals surface area contributed by atoms with Gasteiger partial charge in [-0.2, -0.15) is 5.10 Å². The van der Waals surface area contributed by atoms with Crippen LogP contribution in [0.3, 0.4) is 0 Å². The van der Waals surface area contributed by atoms with Gasteiger partial charge in [0.1, 0.15) is 6.04 Å². The lowest BCUT2D eigenvalue weighted by Gasteiger charge is -2.12. The van der Waals surface area contributed by atoms with Gasteiger partial charge in [-0.05, 0) is 22.9 Å². The smallest absolute Gasteiger partial charge is 0.244 e. The highest BCUT2D eigenvalue weighted by Gasteiger charge is 2.14. The van der Waals surface area contributed by atoms with Gasteiger partial charge in [0, 0.05) is 19.9 Å². The molecule has 0 aliphatic carbocycles. The zero-order valence-corrected chi connectivity index (χ0v) is 10.3. The number of hydrogen-bond acceptors (Lipinski definition) is 3. The van der Waals surface area contributed by atoms with E-state index < -0.39 is 0 Å². The highest BCUT2D eigenvalue weighted by molar-refractivity contribution is 9.10. The summed E-state index contributed by atoms with van der Waals surface area (Å²) in [7, 11) is 1.60. The van der Waals surface area contributed by atoms with Crippen LogP contribution in [0.4, 0.5) is 0 Å². The summed E-state index contributed by atoms with van der Waals surface area (Å²) in [5.74, 6) is -0.0670. The number of carbonyl (C=O) groups excluding carboxylic acids is 1. The molecule has 15 heavy (non-hydrogen) atoms. The molecule has 0 fully saturated rings. The zero-order valence-electron chi connectivity index (χ0n) is 8.74. The van der Waals surface area contributed by atoms with Crippen molar-refractivity contribution in [2.24, 2.45) is 0 Å². The van der Waals surface area contributed by atoms with Gasteiger partial charge in [-0.3, -0.25) is 9.48 Å². The standard InChI is InChI=1S/C9H14BrN3O2/c1-7(9(14)11-3-4-15-2)13-6-8(10)5-12-13/h5-7H,3-4H2,1-2H3,(H,11,14)/t7-/m0/s1. The summed E-state index contributed by atoms with van der Waals surface area (Å²) < 4.78 is 7.30. The predicted octanol–water partition coefficient (Wildman–Crippen LogP) is 0.969. The van der Waals surface area contributed by atoms with E-state index in [0.717, 1.165) is 4.47 Å². The van der Waals surface area contributed by atoms with E-state index in [1.54, 1.807) is 31.1 Å². The van der Waals surface area contributed by atoms with Crippen LogP contribution in [-0.2, 0) is 9.53 Å². The molecule has 1 aromatic heterocycles. The Labute approximate surface area is 96.9 Å². The number of carbonyl (C=O) groups is 1. The Bertz CT molecular complexity index is 327. The van der Waals surface area contributed by atoms with Gasteiger partial charge in [0.05, 0.1) is 17.3 Å². The van der Waals surface area contributed by atoms with Gasteiger partial charge in [-0.1, -0.05) is 0 Å². The van der Waals surface area contributed by atoms with Crippen molar-refractivity contribution >= 4 is 21.8 Å². The van der Waals surface area contributed by atoms with Crippen LogP contribution in [0.15, 0.2) is 16.9 Å². The Hall–Kier alpha value is -0.880. The number of nitrogens with zero attached hydrogens (tertiary/aromatic N) is 2. The number of rotatable bonds is 5. The van der Waals surface area contributed by atoms with Crippen molar-refractivity contribution in [3.63, 3.8) is 0 Å². The molecule has 0 radical (unpaired) electrons. The van der Waals surface area contributed by atoms with Gasteiger partial charge in [-0.15, -0.1) is 0 Å². The van der Waals surface area contributed by atoms with Gasteiger partial charge in [0.15, 0.2) is 0 Å². The van der Waals surface area contributed by atoms with Crippen LogP contribution in [-0.4, -0.2) is 35.9 Å². The summed E-state index contributed by atoms with van der Waals surface area (Å²) in [6.45, 7) is 2.82. The fraction of sp³-hybridized carbons (Fsp3) is 0.556. The summed E-state index contributed by atoms with van der Waals surface area (Å²) >= 11 is 3.28. The summed E-state index contributed by atoms with van der Waals surface area (Å²) in [6, 6.07) is -0.312. The molecule has 1 atom stereocenters. The van der Waals surface area contributed by atoms with Crippen molar-refractivity contribution in [2.75, 3.05) is 20.3 Å². The predicted molar refractivity (Wildman–Crippen MR) is 59.5 cm³/mol. The summed E-state index contributed by atoms with van der Waals surface area (Å²) in [6.07, 6.45) is 3.42. The summed E-state index contributed by atoms with van der Waals surface area (Å²) in [5.41, 5.74) is 0. The Morgan fingerprint density at radius 1 is 1.80 bits per heavy atom. The second-order valence-corrected chi connectivity index (χ2v) is 4.01. The molecular formula is C9H14BrN3O2. The Morgan fingerprint density at radius 2 is 2.53 bits per heavy atom. The largest absolute Gasteiger partial charge is 0.383 e. The van der Waals surface area contributed by atoms with Gasteiger partial charge in [0.2, 0.25) is 5.91 Å². The number of ether oxygens (including phenoxy) is 1. The van der Waals surface area contributed by atoms with Gasteiger partial charge < -0.3 is 10.1 Å². The van der Waals surface area contributed by atoms with Gasteiger partial charge >= 0.3 is 0 Å². The molecule has 0 unspecified atom stereocenters. The minimum atomic E-state index is -0.312. The maximum Gasteiger partial charge on any atom is 0.244 e. The first-order chi connectivity index (χ1) is 7.15. The molecule has 1 aromatic rings. The number of amides is 1. The molecule has 0 saturated heterocycles. The topological polar surface area (TPSA) is 56.1 Å². The minimum absolute atomic E-state index is 0.0670. The molecule has 84 valence electrons. The molecule has 5 nitrogen and oxygen atoms in total. The molecule has 0 aliphatic heterocycles. The Morgan fingerprint density at radius 3 is 3.07 bits per heavy atom. The van der Waals surface area contributed by atoms with Crippen molar-refractivity contribution in [1.82, 2.24) is 15.1 Å². The lowest BCUT2D eigenvalue weighted by Crippen LogP contribution is -2.33. The minimum Gasteiger partial charge on any atom is -0.383 e. The van der Waals surface area contributed by atoms with Crippen molar-refractivity contribution < 1.29 is 9.53 Å². The summed E-state index contributed by atoms with van der Waals surface area (Å²) in [5, 5.41) is 6.79. The first-order valence-electron chi connectivity index (χ1n) is 4.61. The van der Waals surface area contributed by atoms with Crippen molar-refractivity contribution in [3.05, 3.63) is 16.9 Å². The summed E-state index contributed by atoms with van der Waals surface area (Å²) in [4.78, 5) is 11.6. The van der Waals surface area contributed by atoms with E-state index >= 15 is 0 Å². The fourth-order valence-electron chi connectivity index (χ4n) is 1.07. The molecule has 0 aliphatic rings. The molecule has 1 amide bonds. The van der Waals surface area contributed by atoms with E-state index in [4.69, 9.17) is 4.74 Å². The van der Waals surface area contributed by atoms with Crippen LogP contribution in [0.1, 0.15) is 13.0 Å². The maximum absolute atomic E-state index is 11.6.